The highest BCUT2D eigenvalue weighted by Gasteiger charge is 2.37. The number of amides is 2. The first kappa shape index (κ1) is 21.8. The maximum absolute atomic E-state index is 13.7. The van der Waals surface area contributed by atoms with Crippen molar-refractivity contribution in [3.8, 4) is 11.4 Å². The van der Waals surface area contributed by atoms with Gasteiger partial charge in [-0.3, -0.25) is 9.59 Å². The molecule has 170 valence electrons. The fraction of sp³-hybridized carbons (Fsp3) is 0.346. The van der Waals surface area contributed by atoms with E-state index in [0.29, 0.717) is 23.9 Å². The van der Waals surface area contributed by atoms with Crippen LogP contribution in [-0.4, -0.2) is 43.9 Å². The highest BCUT2D eigenvalue weighted by atomic mass is 32.2. The first-order chi connectivity index (χ1) is 16.2. The van der Waals surface area contributed by atoms with Gasteiger partial charge in [-0.15, -0.1) is 11.8 Å². The van der Waals surface area contributed by atoms with Crippen LogP contribution in [0.25, 0.3) is 11.4 Å². The number of aromatic nitrogens is 2. The molecule has 1 atom stereocenters. The topological polar surface area (TPSA) is 67.2 Å². The second-order valence-electron chi connectivity index (χ2n) is 8.55. The van der Waals surface area contributed by atoms with Gasteiger partial charge in [-0.25, -0.2) is 4.98 Å². The lowest BCUT2D eigenvalue weighted by Crippen LogP contribution is -2.47. The summed E-state index contributed by atoms with van der Waals surface area (Å²) in [6, 6.07) is 19.4. The molecule has 0 saturated carbocycles. The number of rotatable bonds is 5. The van der Waals surface area contributed by atoms with Crippen molar-refractivity contribution < 1.29 is 9.59 Å². The highest BCUT2D eigenvalue weighted by Crippen LogP contribution is 2.30. The van der Waals surface area contributed by atoms with Gasteiger partial charge in [-0.2, -0.15) is 0 Å². The van der Waals surface area contributed by atoms with Gasteiger partial charge in [0.2, 0.25) is 5.91 Å². The minimum atomic E-state index is -0.477. The average Bonchev–Trinajstić information content (AvgIpc) is 3.42. The minimum absolute atomic E-state index is 0.106. The predicted octanol–water partition coefficient (Wildman–Crippen LogP) is 4.11. The summed E-state index contributed by atoms with van der Waals surface area (Å²) in [5.41, 5.74) is 3.59. The summed E-state index contributed by atoms with van der Waals surface area (Å²) < 4.78 is 2.23. The van der Waals surface area contributed by atoms with Crippen molar-refractivity contribution in [1.29, 1.82) is 0 Å². The fourth-order valence-corrected chi connectivity index (χ4v) is 5.75. The van der Waals surface area contributed by atoms with Crippen molar-refractivity contribution in [1.82, 2.24) is 19.8 Å². The summed E-state index contributed by atoms with van der Waals surface area (Å²) in [6.45, 7) is 1.33. The molecule has 2 aliphatic heterocycles. The summed E-state index contributed by atoms with van der Waals surface area (Å²) in [7, 11) is 0. The van der Waals surface area contributed by atoms with Gasteiger partial charge in [-0.1, -0.05) is 67.1 Å². The summed E-state index contributed by atoms with van der Waals surface area (Å²) in [5, 5.41) is 3.01. The molecule has 2 aliphatic rings. The summed E-state index contributed by atoms with van der Waals surface area (Å²) in [5.74, 6) is 1.73. The molecule has 0 spiro atoms. The van der Waals surface area contributed by atoms with E-state index in [2.05, 4.69) is 9.88 Å². The van der Waals surface area contributed by atoms with Crippen molar-refractivity contribution in [3.05, 3.63) is 77.6 Å². The van der Waals surface area contributed by atoms with E-state index < -0.39 is 6.04 Å². The molecule has 2 aromatic carbocycles. The van der Waals surface area contributed by atoms with Crippen LogP contribution in [-0.2, 0) is 24.3 Å². The number of nitrogens with one attached hydrogen (secondary N) is 1. The zero-order chi connectivity index (χ0) is 22.6. The molecule has 6 nitrogen and oxygen atoms in total. The van der Waals surface area contributed by atoms with Gasteiger partial charge < -0.3 is 14.8 Å². The quantitative estimate of drug-likeness (QED) is 0.622. The number of carbonyl (C=O) groups excluding carboxylic acids is 2. The first-order valence-corrected chi connectivity index (χ1v) is 12.7. The number of nitrogens with zero attached hydrogens (tertiary/aromatic N) is 3. The van der Waals surface area contributed by atoms with Gasteiger partial charge in [0.1, 0.15) is 17.6 Å². The third-order valence-corrected chi connectivity index (χ3v) is 7.37. The zero-order valence-corrected chi connectivity index (χ0v) is 19.4. The number of benzene rings is 2. The second kappa shape index (κ2) is 9.83. The number of hydrogen-bond acceptors (Lipinski definition) is 4. The van der Waals surface area contributed by atoms with Gasteiger partial charge in [0.15, 0.2) is 0 Å². The molecule has 7 heteroatoms. The van der Waals surface area contributed by atoms with E-state index in [1.165, 1.54) is 0 Å². The van der Waals surface area contributed by atoms with Crippen LogP contribution >= 0.6 is 11.8 Å². The normalized spacial score (nSPS) is 17.9. The Morgan fingerprint density at radius 1 is 1.00 bits per heavy atom. The van der Waals surface area contributed by atoms with E-state index in [4.69, 9.17) is 4.98 Å². The third kappa shape index (κ3) is 4.55. The van der Waals surface area contributed by atoms with E-state index in [9.17, 15) is 9.59 Å². The third-order valence-electron chi connectivity index (χ3n) is 6.36. The molecule has 0 aliphatic carbocycles. The van der Waals surface area contributed by atoms with Crippen LogP contribution in [0.5, 0.6) is 0 Å². The van der Waals surface area contributed by atoms with E-state index in [0.717, 1.165) is 54.9 Å². The number of imidazole rings is 1. The van der Waals surface area contributed by atoms with E-state index >= 15 is 0 Å². The van der Waals surface area contributed by atoms with Gasteiger partial charge in [0.25, 0.3) is 5.91 Å². The maximum atomic E-state index is 13.7. The predicted molar refractivity (Wildman–Crippen MR) is 131 cm³/mol. The first-order valence-electron chi connectivity index (χ1n) is 11.6. The molecule has 33 heavy (non-hydrogen) atoms. The van der Waals surface area contributed by atoms with Crippen molar-refractivity contribution in [3.63, 3.8) is 0 Å². The Labute approximate surface area is 198 Å². The Kier molecular flexibility index (Phi) is 6.48. The van der Waals surface area contributed by atoms with Gasteiger partial charge in [0.05, 0.1) is 11.6 Å². The van der Waals surface area contributed by atoms with E-state index in [1.807, 2.05) is 60.7 Å². The summed E-state index contributed by atoms with van der Waals surface area (Å²) in [6.07, 6.45) is 4.12. The molecule has 3 heterocycles. The lowest BCUT2D eigenvalue weighted by molar-refractivity contribution is -0.124. The molecule has 3 aromatic rings. The molecule has 1 unspecified atom stereocenters. The smallest absolute Gasteiger partial charge is 0.275 e. The second-order valence-corrected chi connectivity index (χ2v) is 9.55. The van der Waals surface area contributed by atoms with Crippen molar-refractivity contribution in [2.75, 3.05) is 11.6 Å². The number of thioether (sulfide) groups is 1. The van der Waals surface area contributed by atoms with Crippen LogP contribution < -0.4 is 5.32 Å². The molecule has 2 amide bonds. The number of fused-ring (bicyclic) bond motifs is 1. The molecule has 5 rings (SSSR count). The summed E-state index contributed by atoms with van der Waals surface area (Å²) >= 11 is 1.62. The van der Waals surface area contributed by atoms with Crippen molar-refractivity contribution in [2.45, 2.75) is 44.8 Å². The molecule has 1 aromatic heterocycles. The van der Waals surface area contributed by atoms with Gasteiger partial charge in [0, 0.05) is 24.4 Å². The Morgan fingerprint density at radius 3 is 2.55 bits per heavy atom. The van der Waals surface area contributed by atoms with E-state index in [-0.39, 0.29) is 11.8 Å². The number of carbonyl (C=O) groups is 2. The lowest BCUT2D eigenvalue weighted by Gasteiger charge is -2.23. The number of hydrogen-bond donors (Lipinski definition) is 1. The standard InChI is InChI=1S/C26H28N4O2S/c31-25(27-16-19-10-4-1-5-11-19)22-17-33-18-30(22)26(32)23-21-14-8-3-9-15-29(21)24(28-23)20-12-6-2-7-13-20/h1-2,4-7,10-13,22H,3,8-9,14-18H2,(H,27,31). The fourth-order valence-electron chi connectivity index (χ4n) is 4.60. The Morgan fingerprint density at radius 2 is 1.76 bits per heavy atom. The van der Waals surface area contributed by atoms with Crippen LogP contribution in [0.3, 0.4) is 0 Å². The largest absolute Gasteiger partial charge is 0.350 e. The van der Waals surface area contributed by atoms with Gasteiger partial charge in [-0.05, 0) is 24.8 Å². The molecular weight excluding hydrogens is 432 g/mol. The monoisotopic (exact) mass is 460 g/mol. The molecule has 1 N–H and O–H groups in total. The van der Waals surface area contributed by atoms with Crippen LogP contribution in [0.15, 0.2) is 60.7 Å². The molecular formula is C26H28N4O2S. The molecule has 1 saturated heterocycles. The summed E-state index contributed by atoms with van der Waals surface area (Å²) in [4.78, 5) is 33.3. The Balaban J connectivity index is 1.40. The van der Waals surface area contributed by atoms with Crippen LogP contribution in [0.2, 0.25) is 0 Å². The molecule has 1 fully saturated rings. The average molecular weight is 461 g/mol. The van der Waals surface area contributed by atoms with Crippen LogP contribution in [0.4, 0.5) is 0 Å². The van der Waals surface area contributed by atoms with Crippen molar-refractivity contribution in [2.24, 2.45) is 0 Å². The molecule has 0 bridgehead atoms. The highest BCUT2D eigenvalue weighted by molar-refractivity contribution is 7.99. The van der Waals surface area contributed by atoms with Gasteiger partial charge >= 0.3 is 0 Å². The van der Waals surface area contributed by atoms with Crippen LogP contribution in [0.1, 0.15) is 41.0 Å². The Hall–Kier alpha value is -3.06. The SMILES string of the molecule is O=C(NCc1ccccc1)C1CSCN1C(=O)c1nc(-c2ccccc2)n2c1CCCCC2. The Bertz CT molecular complexity index is 1130. The molecule has 0 radical (unpaired) electrons. The van der Waals surface area contributed by atoms with Crippen molar-refractivity contribution >= 4 is 23.6 Å². The lowest BCUT2D eigenvalue weighted by atomic mass is 10.1. The van der Waals surface area contributed by atoms with Crippen LogP contribution in [0, 0.1) is 0 Å². The minimum Gasteiger partial charge on any atom is -0.350 e. The maximum Gasteiger partial charge on any atom is 0.275 e. The zero-order valence-electron chi connectivity index (χ0n) is 18.6. The van der Waals surface area contributed by atoms with E-state index in [1.54, 1.807) is 16.7 Å².